The van der Waals surface area contributed by atoms with Gasteiger partial charge < -0.3 is 20.1 Å². The molecule has 21 heavy (non-hydrogen) atoms. The number of aliphatic hydroxyl groups excluding tert-OH is 1. The fourth-order valence-corrected chi connectivity index (χ4v) is 1.77. The Morgan fingerprint density at radius 1 is 1.38 bits per heavy atom. The topological polar surface area (TPSA) is 78.9 Å². The molecular weight excluding hydrogens is 279 g/mol. The summed E-state index contributed by atoms with van der Waals surface area (Å²) < 4.78 is 18.2. The second-order valence-corrected chi connectivity index (χ2v) is 4.33. The maximum absolute atomic E-state index is 13.7. The van der Waals surface area contributed by atoms with Gasteiger partial charge >= 0.3 is 12.0 Å². The number of carbonyl (C=O) groups is 2. The van der Waals surface area contributed by atoms with E-state index in [-0.39, 0.29) is 24.4 Å². The SMILES string of the molecule is CCCN(CCO)C(=O)Nc1cc(C(=O)OC)ccc1F. The normalized spacial score (nSPS) is 10.1. The molecule has 0 heterocycles. The van der Waals surface area contributed by atoms with Crippen LogP contribution in [0.3, 0.4) is 0 Å². The number of anilines is 1. The van der Waals surface area contributed by atoms with Gasteiger partial charge in [-0.15, -0.1) is 0 Å². The van der Waals surface area contributed by atoms with Gasteiger partial charge in [0.25, 0.3) is 0 Å². The average molecular weight is 298 g/mol. The fraction of sp³-hybridized carbons (Fsp3) is 0.429. The predicted molar refractivity (Wildman–Crippen MR) is 75.7 cm³/mol. The Morgan fingerprint density at radius 3 is 2.67 bits per heavy atom. The average Bonchev–Trinajstić information content (AvgIpc) is 2.48. The first-order valence-electron chi connectivity index (χ1n) is 6.58. The summed E-state index contributed by atoms with van der Waals surface area (Å²) in [4.78, 5) is 24.8. The van der Waals surface area contributed by atoms with Crippen LogP contribution in [-0.4, -0.2) is 48.8 Å². The number of rotatable bonds is 6. The first-order valence-corrected chi connectivity index (χ1v) is 6.58. The van der Waals surface area contributed by atoms with Crippen LogP contribution in [0.5, 0.6) is 0 Å². The van der Waals surface area contributed by atoms with Crippen molar-refractivity contribution in [2.45, 2.75) is 13.3 Å². The molecule has 1 rings (SSSR count). The summed E-state index contributed by atoms with van der Waals surface area (Å²) in [6.45, 7) is 2.29. The zero-order chi connectivity index (χ0) is 15.8. The molecule has 7 heteroatoms. The molecule has 0 spiro atoms. The quantitative estimate of drug-likeness (QED) is 0.786. The number of amides is 2. The van der Waals surface area contributed by atoms with Crippen molar-refractivity contribution in [3.8, 4) is 0 Å². The number of benzene rings is 1. The van der Waals surface area contributed by atoms with Crippen LogP contribution in [0.1, 0.15) is 23.7 Å². The standard InChI is InChI=1S/C14H19FN2O4/c1-3-6-17(7-8-18)14(20)16-12-9-10(13(19)21-2)4-5-11(12)15/h4-5,9,18H,3,6-8H2,1-2H3,(H,16,20). The predicted octanol–water partition coefficient (Wildman–Crippen LogP) is 1.85. The van der Waals surface area contributed by atoms with Gasteiger partial charge in [0.1, 0.15) is 5.82 Å². The van der Waals surface area contributed by atoms with E-state index >= 15 is 0 Å². The smallest absolute Gasteiger partial charge is 0.337 e. The summed E-state index contributed by atoms with van der Waals surface area (Å²) in [6, 6.07) is 3.03. The van der Waals surface area contributed by atoms with Gasteiger partial charge in [-0.05, 0) is 24.6 Å². The zero-order valence-electron chi connectivity index (χ0n) is 12.1. The number of hydrogen-bond acceptors (Lipinski definition) is 4. The summed E-state index contributed by atoms with van der Waals surface area (Å²) in [5, 5.41) is 11.3. The van der Waals surface area contributed by atoms with Crippen molar-refractivity contribution in [3.63, 3.8) is 0 Å². The minimum atomic E-state index is -0.656. The number of nitrogens with zero attached hydrogens (tertiary/aromatic N) is 1. The maximum Gasteiger partial charge on any atom is 0.337 e. The van der Waals surface area contributed by atoms with E-state index in [1.54, 1.807) is 0 Å². The summed E-state index contributed by atoms with van der Waals surface area (Å²) in [5.74, 6) is -1.28. The van der Waals surface area contributed by atoms with Crippen LogP contribution in [0.4, 0.5) is 14.9 Å². The minimum Gasteiger partial charge on any atom is -0.465 e. The van der Waals surface area contributed by atoms with Gasteiger partial charge in [0, 0.05) is 13.1 Å². The number of halogens is 1. The number of aliphatic hydroxyl groups is 1. The number of nitrogens with one attached hydrogen (secondary N) is 1. The Labute approximate surface area is 122 Å². The molecule has 0 aromatic heterocycles. The van der Waals surface area contributed by atoms with Crippen LogP contribution in [-0.2, 0) is 4.74 Å². The third kappa shape index (κ3) is 4.71. The van der Waals surface area contributed by atoms with Crippen molar-refractivity contribution < 1.29 is 23.8 Å². The lowest BCUT2D eigenvalue weighted by Gasteiger charge is -2.21. The molecule has 2 amide bonds. The lowest BCUT2D eigenvalue weighted by Crippen LogP contribution is -2.37. The van der Waals surface area contributed by atoms with Crippen molar-refractivity contribution in [3.05, 3.63) is 29.6 Å². The summed E-state index contributed by atoms with van der Waals surface area (Å²) in [6.07, 6.45) is 0.706. The van der Waals surface area contributed by atoms with Crippen LogP contribution in [0, 0.1) is 5.82 Å². The molecule has 1 aromatic rings. The van der Waals surface area contributed by atoms with E-state index in [0.29, 0.717) is 13.0 Å². The van der Waals surface area contributed by atoms with Crippen molar-refractivity contribution in [1.82, 2.24) is 4.90 Å². The monoisotopic (exact) mass is 298 g/mol. The van der Waals surface area contributed by atoms with Crippen molar-refractivity contribution in [2.75, 3.05) is 32.1 Å². The number of esters is 1. The lowest BCUT2D eigenvalue weighted by molar-refractivity contribution is 0.0600. The molecule has 6 nitrogen and oxygen atoms in total. The highest BCUT2D eigenvalue weighted by Gasteiger charge is 2.16. The Balaban J connectivity index is 2.90. The van der Waals surface area contributed by atoms with Gasteiger partial charge in [-0.2, -0.15) is 0 Å². The summed E-state index contributed by atoms with van der Waals surface area (Å²) in [5.41, 5.74) is 0.0281. The van der Waals surface area contributed by atoms with Crippen molar-refractivity contribution >= 4 is 17.7 Å². The molecule has 0 aliphatic carbocycles. The molecule has 0 fully saturated rings. The third-order valence-corrected chi connectivity index (χ3v) is 2.78. The highest BCUT2D eigenvalue weighted by Crippen LogP contribution is 2.17. The zero-order valence-corrected chi connectivity index (χ0v) is 12.1. The van der Waals surface area contributed by atoms with Crippen molar-refractivity contribution in [2.24, 2.45) is 0 Å². The van der Waals surface area contributed by atoms with Gasteiger partial charge in [-0.1, -0.05) is 6.92 Å². The molecule has 0 atom stereocenters. The molecule has 0 radical (unpaired) electrons. The highest BCUT2D eigenvalue weighted by atomic mass is 19.1. The van der Waals surface area contributed by atoms with Crippen molar-refractivity contribution in [1.29, 1.82) is 0 Å². The maximum atomic E-state index is 13.7. The van der Waals surface area contributed by atoms with E-state index in [2.05, 4.69) is 10.1 Å². The van der Waals surface area contributed by atoms with Gasteiger partial charge in [0.15, 0.2) is 0 Å². The highest BCUT2D eigenvalue weighted by molar-refractivity contribution is 5.94. The lowest BCUT2D eigenvalue weighted by atomic mass is 10.2. The van der Waals surface area contributed by atoms with E-state index in [1.165, 1.54) is 24.1 Å². The molecule has 0 aliphatic rings. The Kier molecular flexibility index (Phi) is 6.61. The molecular formula is C14H19FN2O4. The molecule has 0 saturated carbocycles. The van der Waals surface area contributed by atoms with Gasteiger partial charge in [-0.25, -0.2) is 14.0 Å². The molecule has 0 unspecified atom stereocenters. The first kappa shape index (κ1) is 16.9. The number of urea groups is 1. The minimum absolute atomic E-state index is 0.109. The van der Waals surface area contributed by atoms with Gasteiger partial charge in [-0.3, -0.25) is 0 Å². The molecule has 116 valence electrons. The van der Waals surface area contributed by atoms with Crippen LogP contribution in [0.2, 0.25) is 0 Å². The van der Waals surface area contributed by atoms with Gasteiger partial charge in [0.2, 0.25) is 0 Å². The third-order valence-electron chi connectivity index (χ3n) is 2.78. The van der Waals surface area contributed by atoms with E-state index < -0.39 is 17.8 Å². The summed E-state index contributed by atoms with van der Waals surface area (Å²) in [7, 11) is 1.22. The fourth-order valence-electron chi connectivity index (χ4n) is 1.77. The van der Waals surface area contributed by atoms with Crippen LogP contribution >= 0.6 is 0 Å². The van der Waals surface area contributed by atoms with E-state index in [9.17, 15) is 14.0 Å². The largest absolute Gasteiger partial charge is 0.465 e. The first-order chi connectivity index (χ1) is 10.0. The van der Waals surface area contributed by atoms with Crippen LogP contribution in [0.15, 0.2) is 18.2 Å². The summed E-state index contributed by atoms with van der Waals surface area (Å²) >= 11 is 0. The van der Waals surface area contributed by atoms with Crippen LogP contribution in [0.25, 0.3) is 0 Å². The molecule has 1 aromatic carbocycles. The number of carbonyl (C=O) groups excluding carboxylic acids is 2. The van der Waals surface area contributed by atoms with Crippen LogP contribution < -0.4 is 5.32 Å². The number of hydrogen-bond donors (Lipinski definition) is 2. The van der Waals surface area contributed by atoms with E-state index in [0.717, 1.165) is 6.07 Å². The van der Waals surface area contributed by atoms with Gasteiger partial charge in [0.05, 0.1) is 25.0 Å². The Hall–Kier alpha value is -2.15. The molecule has 0 aliphatic heterocycles. The molecule has 0 bridgehead atoms. The second kappa shape index (κ2) is 8.21. The van der Waals surface area contributed by atoms with E-state index in [4.69, 9.17) is 5.11 Å². The Bertz CT molecular complexity index is 502. The number of methoxy groups -OCH3 is 1. The van der Waals surface area contributed by atoms with E-state index in [1.807, 2.05) is 6.92 Å². The number of ether oxygens (including phenoxy) is 1. The Morgan fingerprint density at radius 2 is 2.10 bits per heavy atom. The molecule has 2 N–H and O–H groups in total. The molecule has 0 saturated heterocycles. The second-order valence-electron chi connectivity index (χ2n) is 4.33.